The van der Waals surface area contributed by atoms with Gasteiger partial charge in [-0.2, -0.15) is 0 Å². The number of oxazole rings is 1. The first kappa shape index (κ1) is 20.8. The summed E-state index contributed by atoms with van der Waals surface area (Å²) in [5.41, 5.74) is 4.16. The monoisotopic (exact) mass is 436 g/mol. The Morgan fingerprint density at radius 3 is 2.87 bits per heavy atom. The van der Waals surface area contributed by atoms with Gasteiger partial charge in [0.25, 0.3) is 11.6 Å². The molecule has 0 radical (unpaired) electrons. The minimum atomic E-state index is -0.189. The van der Waals surface area contributed by atoms with Crippen molar-refractivity contribution in [3.05, 3.63) is 81.5 Å². The van der Waals surface area contributed by atoms with E-state index in [1.165, 1.54) is 0 Å². The van der Waals surface area contributed by atoms with Gasteiger partial charge in [0.15, 0.2) is 5.76 Å². The second kappa shape index (κ2) is 9.16. The van der Waals surface area contributed by atoms with Gasteiger partial charge in [-0.25, -0.2) is 4.98 Å². The molecule has 0 saturated heterocycles. The first-order valence-electron chi connectivity index (χ1n) is 9.79. The normalized spacial score (nSPS) is 10.9. The van der Waals surface area contributed by atoms with Gasteiger partial charge < -0.3 is 19.5 Å². The van der Waals surface area contributed by atoms with Gasteiger partial charge >= 0.3 is 0 Å². The number of hydrogen-bond donors (Lipinski definition) is 2. The van der Waals surface area contributed by atoms with E-state index < -0.39 is 0 Å². The molecule has 4 aromatic rings. The SMILES string of the molecule is CCOCc1ccc(Cl)c(Nc2ncc(-c3ccnc(-c4c(C)cc[nH]c4=O)c3)o2)c1. The van der Waals surface area contributed by atoms with Crippen molar-refractivity contribution in [3.63, 3.8) is 0 Å². The van der Waals surface area contributed by atoms with Crippen LogP contribution in [0, 0.1) is 6.92 Å². The Morgan fingerprint density at radius 2 is 2.06 bits per heavy atom. The summed E-state index contributed by atoms with van der Waals surface area (Å²) >= 11 is 6.31. The molecular formula is C23H21ClN4O3. The van der Waals surface area contributed by atoms with Crippen molar-refractivity contribution in [2.75, 3.05) is 11.9 Å². The van der Waals surface area contributed by atoms with Gasteiger partial charge in [0.2, 0.25) is 0 Å². The number of aromatic nitrogens is 3. The average Bonchev–Trinajstić information content (AvgIpc) is 3.23. The molecule has 0 fully saturated rings. The number of ether oxygens (including phenoxy) is 1. The van der Waals surface area contributed by atoms with Crippen LogP contribution in [0.5, 0.6) is 0 Å². The molecule has 3 aromatic heterocycles. The standard InChI is InChI=1S/C23H21ClN4O3/c1-3-30-13-15-4-5-17(24)18(10-15)28-23-27-12-20(31-23)16-7-9-25-19(11-16)21-14(2)6-8-26-22(21)29/h4-12H,3,13H2,1-2H3,(H,26,29)(H,27,28). The number of aryl methyl sites for hydroxylation is 1. The van der Waals surface area contributed by atoms with Crippen LogP contribution in [0.4, 0.5) is 11.7 Å². The molecule has 0 spiro atoms. The van der Waals surface area contributed by atoms with E-state index in [1.807, 2.05) is 32.0 Å². The van der Waals surface area contributed by atoms with E-state index in [9.17, 15) is 4.79 Å². The highest BCUT2D eigenvalue weighted by atomic mass is 35.5. The summed E-state index contributed by atoms with van der Waals surface area (Å²) in [6.45, 7) is 4.95. The van der Waals surface area contributed by atoms with Crippen LogP contribution < -0.4 is 10.9 Å². The minimum absolute atomic E-state index is 0.189. The molecule has 0 atom stereocenters. The third-order valence-electron chi connectivity index (χ3n) is 4.72. The highest BCUT2D eigenvalue weighted by molar-refractivity contribution is 6.33. The van der Waals surface area contributed by atoms with Crippen molar-refractivity contribution in [2.24, 2.45) is 0 Å². The maximum absolute atomic E-state index is 12.3. The molecule has 31 heavy (non-hydrogen) atoms. The van der Waals surface area contributed by atoms with Crippen molar-refractivity contribution in [3.8, 4) is 22.6 Å². The molecule has 2 N–H and O–H groups in total. The third kappa shape index (κ3) is 4.68. The fourth-order valence-electron chi connectivity index (χ4n) is 3.17. The number of aromatic amines is 1. The van der Waals surface area contributed by atoms with Crippen LogP contribution in [0.3, 0.4) is 0 Å². The number of anilines is 2. The molecule has 7 nitrogen and oxygen atoms in total. The van der Waals surface area contributed by atoms with Gasteiger partial charge in [-0.05, 0) is 55.3 Å². The molecule has 0 aliphatic carbocycles. The zero-order valence-corrected chi connectivity index (χ0v) is 17.9. The Morgan fingerprint density at radius 1 is 1.19 bits per heavy atom. The minimum Gasteiger partial charge on any atom is -0.423 e. The van der Waals surface area contributed by atoms with E-state index in [2.05, 4.69) is 20.3 Å². The van der Waals surface area contributed by atoms with E-state index in [0.717, 1.165) is 16.7 Å². The van der Waals surface area contributed by atoms with Crippen LogP contribution in [0.25, 0.3) is 22.6 Å². The summed E-state index contributed by atoms with van der Waals surface area (Å²) in [6, 6.07) is 11.4. The molecule has 8 heteroatoms. The summed E-state index contributed by atoms with van der Waals surface area (Å²) < 4.78 is 11.3. The molecule has 0 aliphatic heterocycles. The molecule has 0 unspecified atom stereocenters. The summed E-state index contributed by atoms with van der Waals surface area (Å²) in [6.07, 6.45) is 4.87. The largest absolute Gasteiger partial charge is 0.423 e. The van der Waals surface area contributed by atoms with Crippen LogP contribution in [-0.2, 0) is 11.3 Å². The molecule has 1 aromatic carbocycles. The molecule has 158 valence electrons. The van der Waals surface area contributed by atoms with E-state index in [1.54, 1.807) is 36.8 Å². The Bertz CT molecular complexity index is 1270. The number of H-pyrrole nitrogens is 1. The summed E-state index contributed by atoms with van der Waals surface area (Å²) in [5, 5.41) is 3.65. The lowest BCUT2D eigenvalue weighted by atomic mass is 10.1. The van der Waals surface area contributed by atoms with Crippen LogP contribution in [-0.4, -0.2) is 21.6 Å². The van der Waals surface area contributed by atoms with Crippen molar-refractivity contribution in [2.45, 2.75) is 20.5 Å². The topological polar surface area (TPSA) is 93.0 Å². The van der Waals surface area contributed by atoms with Crippen LogP contribution in [0.2, 0.25) is 5.02 Å². The molecule has 0 amide bonds. The van der Waals surface area contributed by atoms with Crippen molar-refractivity contribution in [1.82, 2.24) is 15.0 Å². The van der Waals surface area contributed by atoms with Crippen LogP contribution >= 0.6 is 11.6 Å². The highest BCUT2D eigenvalue weighted by Crippen LogP contribution is 2.30. The molecule has 4 rings (SSSR count). The summed E-state index contributed by atoms with van der Waals surface area (Å²) in [7, 11) is 0. The lowest BCUT2D eigenvalue weighted by molar-refractivity contribution is 0.134. The zero-order valence-electron chi connectivity index (χ0n) is 17.1. The summed E-state index contributed by atoms with van der Waals surface area (Å²) in [4.78, 5) is 23.6. The Kier molecular flexibility index (Phi) is 6.16. The molecule has 3 heterocycles. The quantitative estimate of drug-likeness (QED) is 0.406. The van der Waals surface area contributed by atoms with Crippen molar-refractivity contribution in [1.29, 1.82) is 0 Å². The van der Waals surface area contributed by atoms with Gasteiger partial charge in [-0.1, -0.05) is 17.7 Å². The maximum Gasteiger partial charge on any atom is 0.299 e. The van der Waals surface area contributed by atoms with Crippen molar-refractivity contribution < 1.29 is 9.15 Å². The number of nitrogens with one attached hydrogen (secondary N) is 2. The summed E-state index contributed by atoms with van der Waals surface area (Å²) in [5.74, 6) is 0.540. The number of hydrogen-bond acceptors (Lipinski definition) is 6. The fourth-order valence-corrected chi connectivity index (χ4v) is 3.34. The van der Waals surface area contributed by atoms with Crippen LogP contribution in [0.1, 0.15) is 18.1 Å². The van der Waals surface area contributed by atoms with E-state index in [4.69, 9.17) is 20.8 Å². The second-order valence-electron chi connectivity index (χ2n) is 6.90. The van der Waals surface area contributed by atoms with E-state index in [-0.39, 0.29) is 5.56 Å². The Balaban J connectivity index is 1.60. The first-order valence-corrected chi connectivity index (χ1v) is 10.2. The van der Waals surface area contributed by atoms with Crippen molar-refractivity contribution >= 4 is 23.3 Å². The van der Waals surface area contributed by atoms with E-state index in [0.29, 0.717) is 47.0 Å². The number of nitrogens with zero attached hydrogens (tertiary/aromatic N) is 2. The highest BCUT2D eigenvalue weighted by Gasteiger charge is 2.13. The molecular weight excluding hydrogens is 416 g/mol. The third-order valence-corrected chi connectivity index (χ3v) is 5.05. The number of benzene rings is 1. The average molecular weight is 437 g/mol. The maximum atomic E-state index is 12.3. The first-order chi connectivity index (χ1) is 15.0. The number of halogens is 1. The zero-order chi connectivity index (χ0) is 21.8. The lowest BCUT2D eigenvalue weighted by Gasteiger charge is -2.08. The number of rotatable bonds is 7. The lowest BCUT2D eigenvalue weighted by Crippen LogP contribution is -2.10. The molecule has 0 aliphatic rings. The van der Waals surface area contributed by atoms with E-state index >= 15 is 0 Å². The Hall–Kier alpha value is -3.42. The van der Waals surface area contributed by atoms with Gasteiger partial charge in [-0.15, -0.1) is 0 Å². The van der Waals surface area contributed by atoms with Crippen LogP contribution in [0.15, 0.2) is 64.2 Å². The van der Waals surface area contributed by atoms with Gasteiger partial charge in [0, 0.05) is 24.6 Å². The molecule has 0 saturated carbocycles. The van der Waals surface area contributed by atoms with Gasteiger partial charge in [0.1, 0.15) is 0 Å². The number of pyridine rings is 2. The van der Waals surface area contributed by atoms with Gasteiger partial charge in [-0.3, -0.25) is 9.78 Å². The fraction of sp³-hybridized carbons (Fsp3) is 0.174. The Labute approximate surface area is 184 Å². The predicted octanol–water partition coefficient (Wildman–Crippen LogP) is 5.33. The van der Waals surface area contributed by atoms with Gasteiger partial charge in [0.05, 0.1) is 34.8 Å². The smallest absolute Gasteiger partial charge is 0.299 e. The molecule has 0 bridgehead atoms. The second-order valence-corrected chi connectivity index (χ2v) is 7.31. The predicted molar refractivity (Wildman–Crippen MR) is 121 cm³/mol.